The Morgan fingerprint density at radius 2 is 2.05 bits per heavy atom. The smallest absolute Gasteiger partial charge is 0.329 e. The number of esters is 1. The van der Waals surface area contributed by atoms with Gasteiger partial charge in [-0.25, -0.2) is 9.78 Å². The van der Waals surface area contributed by atoms with Crippen LogP contribution in [0.2, 0.25) is 0 Å². The molecule has 0 radical (unpaired) electrons. The van der Waals surface area contributed by atoms with Gasteiger partial charge in [-0.05, 0) is 13.8 Å². The molecule has 0 unspecified atom stereocenters. The van der Waals surface area contributed by atoms with Gasteiger partial charge in [0.2, 0.25) is 0 Å². The fourth-order valence-corrected chi connectivity index (χ4v) is 2.73. The quantitative estimate of drug-likeness (QED) is 0.630. The van der Waals surface area contributed by atoms with Gasteiger partial charge in [-0.2, -0.15) is 0 Å². The van der Waals surface area contributed by atoms with Crippen LogP contribution >= 0.6 is 11.8 Å². The Balaban J connectivity index is 2.48. The number of carbonyl (C=O) groups is 1. The number of nitrogens with zero attached hydrogens (tertiary/aromatic N) is 3. The van der Waals surface area contributed by atoms with E-state index in [1.54, 1.807) is 25.5 Å². The molecule has 2 aromatic rings. The van der Waals surface area contributed by atoms with Crippen LogP contribution in [0.25, 0.3) is 11.2 Å². The first kappa shape index (κ1) is 15.4. The minimum atomic E-state index is -0.527. The largest absolute Gasteiger partial charge is 0.465 e. The molecule has 0 aliphatic rings. The highest BCUT2D eigenvalue weighted by molar-refractivity contribution is 8.00. The van der Waals surface area contributed by atoms with Crippen molar-refractivity contribution in [1.82, 2.24) is 19.1 Å². The number of H-pyrrole nitrogens is 1. The topological polar surface area (TPSA) is 99.0 Å². The molecule has 21 heavy (non-hydrogen) atoms. The molecule has 114 valence electrons. The SMILES string of the molecule is CCOC(=O)[C@@H](C)Sc1nc2c(c(=O)[nH]c(=O)n2C)n1C. The summed E-state index contributed by atoms with van der Waals surface area (Å²) in [5, 5.41) is 0.00817. The molecule has 0 spiro atoms. The molecular formula is C12H16N4O4S. The lowest BCUT2D eigenvalue weighted by Crippen LogP contribution is -2.29. The molecular weight excluding hydrogens is 296 g/mol. The van der Waals surface area contributed by atoms with Gasteiger partial charge in [-0.1, -0.05) is 11.8 Å². The molecule has 2 aromatic heterocycles. The van der Waals surface area contributed by atoms with Crippen LogP contribution in [0.4, 0.5) is 0 Å². The van der Waals surface area contributed by atoms with E-state index in [0.717, 1.165) is 0 Å². The minimum absolute atomic E-state index is 0.282. The first-order valence-electron chi connectivity index (χ1n) is 6.35. The maximum Gasteiger partial charge on any atom is 0.329 e. The molecule has 0 saturated carbocycles. The number of hydrogen-bond acceptors (Lipinski definition) is 6. The molecule has 2 rings (SSSR count). The molecule has 0 saturated heterocycles. The summed E-state index contributed by atoms with van der Waals surface area (Å²) in [4.78, 5) is 41.6. The highest BCUT2D eigenvalue weighted by atomic mass is 32.2. The summed E-state index contributed by atoms with van der Waals surface area (Å²) in [6.45, 7) is 3.74. The van der Waals surface area contributed by atoms with Gasteiger partial charge in [0, 0.05) is 14.1 Å². The molecule has 0 fully saturated rings. The van der Waals surface area contributed by atoms with Crippen molar-refractivity contribution >= 4 is 28.9 Å². The van der Waals surface area contributed by atoms with Crippen molar-refractivity contribution in [2.45, 2.75) is 24.3 Å². The fourth-order valence-electron chi connectivity index (χ4n) is 1.86. The second-order valence-electron chi connectivity index (χ2n) is 4.46. The van der Waals surface area contributed by atoms with Crippen molar-refractivity contribution in [3.05, 3.63) is 20.8 Å². The second kappa shape index (κ2) is 5.76. The first-order valence-corrected chi connectivity index (χ1v) is 7.23. The molecule has 0 aliphatic carbocycles. The van der Waals surface area contributed by atoms with Crippen LogP contribution in [0.1, 0.15) is 13.8 Å². The number of thioether (sulfide) groups is 1. The molecule has 0 amide bonds. The third kappa shape index (κ3) is 2.73. The van der Waals surface area contributed by atoms with E-state index < -0.39 is 16.5 Å². The maximum atomic E-state index is 11.9. The van der Waals surface area contributed by atoms with E-state index in [9.17, 15) is 14.4 Å². The molecule has 1 N–H and O–H groups in total. The summed E-state index contributed by atoms with van der Waals surface area (Å²) in [6, 6.07) is 0. The van der Waals surface area contributed by atoms with E-state index in [2.05, 4.69) is 9.97 Å². The van der Waals surface area contributed by atoms with E-state index in [0.29, 0.717) is 11.8 Å². The van der Waals surface area contributed by atoms with Crippen LogP contribution in [-0.2, 0) is 23.6 Å². The van der Waals surface area contributed by atoms with Crippen molar-refractivity contribution < 1.29 is 9.53 Å². The van der Waals surface area contributed by atoms with E-state index in [1.165, 1.54) is 23.4 Å². The summed E-state index contributed by atoms with van der Waals surface area (Å²) in [5.74, 6) is -0.350. The predicted molar refractivity (Wildman–Crippen MR) is 78.5 cm³/mol. The Hall–Kier alpha value is -2.03. The number of imidazole rings is 1. The van der Waals surface area contributed by atoms with Gasteiger partial charge in [0.1, 0.15) is 5.25 Å². The molecule has 1 atom stereocenters. The zero-order valence-corrected chi connectivity index (χ0v) is 13.0. The number of aromatic amines is 1. The molecule has 9 heteroatoms. The molecule has 8 nitrogen and oxygen atoms in total. The van der Waals surface area contributed by atoms with Crippen molar-refractivity contribution in [3.8, 4) is 0 Å². The zero-order valence-electron chi connectivity index (χ0n) is 12.2. The van der Waals surface area contributed by atoms with Crippen LogP contribution < -0.4 is 11.2 Å². The van der Waals surface area contributed by atoms with Crippen molar-refractivity contribution in [3.63, 3.8) is 0 Å². The molecule has 0 bridgehead atoms. The summed E-state index contributed by atoms with van der Waals surface area (Å²) >= 11 is 1.18. The Morgan fingerprint density at radius 1 is 1.38 bits per heavy atom. The summed E-state index contributed by atoms with van der Waals surface area (Å²) in [7, 11) is 3.19. The monoisotopic (exact) mass is 312 g/mol. The summed E-state index contributed by atoms with van der Waals surface area (Å²) in [6.07, 6.45) is 0. The van der Waals surface area contributed by atoms with Crippen LogP contribution in [0.3, 0.4) is 0 Å². The molecule has 0 aromatic carbocycles. The standard InChI is InChI=1S/C12H16N4O4S/c1-5-20-10(18)6(2)21-12-13-8-7(15(12)3)9(17)14-11(19)16(8)4/h6H,5H2,1-4H3,(H,14,17,19)/t6-/m1/s1. The van der Waals surface area contributed by atoms with Crippen LogP contribution in [-0.4, -0.2) is 36.9 Å². The lowest BCUT2D eigenvalue weighted by atomic mass is 10.5. The van der Waals surface area contributed by atoms with E-state index in [-0.39, 0.29) is 17.1 Å². The van der Waals surface area contributed by atoms with Gasteiger partial charge in [-0.3, -0.25) is 19.1 Å². The number of rotatable bonds is 4. The Bertz CT molecular complexity index is 804. The van der Waals surface area contributed by atoms with Crippen molar-refractivity contribution in [2.24, 2.45) is 14.1 Å². The normalized spacial score (nSPS) is 12.6. The fraction of sp³-hybridized carbons (Fsp3) is 0.500. The highest BCUT2D eigenvalue weighted by Gasteiger charge is 2.21. The van der Waals surface area contributed by atoms with Gasteiger partial charge in [-0.15, -0.1) is 0 Å². The molecule has 0 aliphatic heterocycles. The van der Waals surface area contributed by atoms with Gasteiger partial charge in [0.15, 0.2) is 16.3 Å². The lowest BCUT2D eigenvalue weighted by molar-refractivity contribution is -0.142. The predicted octanol–water partition coefficient (Wildman–Crippen LogP) is 0.00400. The molecule has 2 heterocycles. The maximum absolute atomic E-state index is 11.9. The average Bonchev–Trinajstić information content (AvgIpc) is 2.74. The Labute approximate surface area is 124 Å². The van der Waals surface area contributed by atoms with Crippen LogP contribution in [0.5, 0.6) is 0 Å². The average molecular weight is 312 g/mol. The number of nitrogens with one attached hydrogen (secondary N) is 1. The number of aryl methyl sites for hydroxylation is 2. The Kier molecular flexibility index (Phi) is 4.21. The number of aromatic nitrogens is 4. The third-order valence-corrected chi connectivity index (χ3v) is 4.12. The first-order chi connectivity index (χ1) is 9.86. The summed E-state index contributed by atoms with van der Waals surface area (Å²) < 4.78 is 7.76. The van der Waals surface area contributed by atoms with E-state index in [4.69, 9.17) is 4.74 Å². The van der Waals surface area contributed by atoms with Gasteiger partial charge in [0.25, 0.3) is 5.56 Å². The minimum Gasteiger partial charge on any atom is -0.465 e. The lowest BCUT2D eigenvalue weighted by Gasteiger charge is -2.09. The van der Waals surface area contributed by atoms with E-state index in [1.807, 2.05) is 0 Å². The van der Waals surface area contributed by atoms with Gasteiger partial charge >= 0.3 is 11.7 Å². The Morgan fingerprint density at radius 3 is 2.67 bits per heavy atom. The number of carbonyl (C=O) groups excluding carboxylic acids is 1. The number of ether oxygens (including phenoxy) is 1. The second-order valence-corrected chi connectivity index (χ2v) is 5.76. The summed E-state index contributed by atoms with van der Waals surface area (Å²) in [5.41, 5.74) is -0.459. The van der Waals surface area contributed by atoms with Crippen LogP contribution in [0, 0.1) is 0 Å². The van der Waals surface area contributed by atoms with Gasteiger partial charge in [0.05, 0.1) is 6.61 Å². The van der Waals surface area contributed by atoms with Crippen LogP contribution in [0.15, 0.2) is 14.7 Å². The highest BCUT2D eigenvalue weighted by Crippen LogP contribution is 2.24. The number of fused-ring (bicyclic) bond motifs is 1. The van der Waals surface area contributed by atoms with E-state index >= 15 is 0 Å². The van der Waals surface area contributed by atoms with Crippen molar-refractivity contribution in [1.29, 1.82) is 0 Å². The third-order valence-electron chi connectivity index (χ3n) is 2.99. The number of hydrogen-bond donors (Lipinski definition) is 1. The zero-order chi connectivity index (χ0) is 15.7. The van der Waals surface area contributed by atoms with Gasteiger partial charge < -0.3 is 9.30 Å². The van der Waals surface area contributed by atoms with Crippen molar-refractivity contribution in [2.75, 3.05) is 6.61 Å².